The van der Waals surface area contributed by atoms with E-state index in [-0.39, 0.29) is 30.0 Å². The lowest BCUT2D eigenvalue weighted by Gasteiger charge is -2.49. The van der Waals surface area contributed by atoms with Gasteiger partial charge in [0.05, 0.1) is 6.42 Å². The fourth-order valence-corrected chi connectivity index (χ4v) is 6.49. The summed E-state index contributed by atoms with van der Waals surface area (Å²) in [6, 6.07) is 20.2. The molecule has 0 radical (unpaired) electrons. The van der Waals surface area contributed by atoms with Crippen LogP contribution in [-0.4, -0.2) is 66.0 Å². The molecule has 7 nitrogen and oxygen atoms in total. The van der Waals surface area contributed by atoms with Crippen molar-refractivity contribution in [2.45, 2.75) is 64.1 Å². The summed E-state index contributed by atoms with van der Waals surface area (Å²) in [5.74, 6) is 0.612. The number of fused-ring (bicyclic) bond motifs is 1. The molecule has 1 unspecified atom stereocenters. The molecule has 3 aromatic carbocycles. The Morgan fingerprint density at radius 1 is 1.05 bits per heavy atom. The molecule has 0 bridgehead atoms. The molecule has 1 aliphatic rings. The molecule has 1 fully saturated rings. The molecule has 1 aliphatic heterocycles. The molecule has 4 atom stereocenters. The average molecular weight is 612 g/mol. The molecule has 9 heteroatoms. The molecule has 0 aliphatic carbocycles. The zero-order chi connectivity index (χ0) is 30.2. The number of hydrogen-bond donors (Lipinski definition) is 3. The fourth-order valence-electron chi connectivity index (χ4n) is 6.00. The first-order chi connectivity index (χ1) is 20.1. The molecule has 6 N–H and O–H groups in total. The van der Waals surface area contributed by atoms with Crippen LogP contribution >= 0.6 is 23.2 Å². The minimum atomic E-state index is -0.124. The van der Waals surface area contributed by atoms with E-state index in [0.717, 1.165) is 42.3 Å². The smallest absolute Gasteiger partial charge is 0.227 e. The molecule has 0 aromatic heterocycles. The first kappa shape index (κ1) is 32.1. The van der Waals surface area contributed by atoms with Gasteiger partial charge >= 0.3 is 0 Å². The lowest BCUT2D eigenvalue weighted by Crippen LogP contribution is -2.63. The second kappa shape index (κ2) is 15.1. The molecule has 1 amide bonds. The van der Waals surface area contributed by atoms with Gasteiger partial charge < -0.3 is 22.1 Å². The van der Waals surface area contributed by atoms with Crippen LogP contribution in [0.1, 0.15) is 44.2 Å². The van der Waals surface area contributed by atoms with Crippen molar-refractivity contribution in [3.05, 3.63) is 81.8 Å². The summed E-state index contributed by atoms with van der Waals surface area (Å²) in [5, 5.41) is 3.57. The Labute approximate surface area is 260 Å². The van der Waals surface area contributed by atoms with E-state index in [1.54, 1.807) is 6.07 Å². The average Bonchev–Trinajstić information content (AvgIpc) is 2.96. The molecule has 0 saturated carbocycles. The Bertz CT molecular complexity index is 1380. The van der Waals surface area contributed by atoms with Gasteiger partial charge in [-0.05, 0) is 59.2 Å². The first-order valence-corrected chi connectivity index (χ1v) is 15.7. The highest BCUT2D eigenvalue weighted by atomic mass is 35.5. The normalized spacial score (nSPS) is 19.0. The predicted octanol–water partition coefficient (Wildman–Crippen LogP) is 5.24. The summed E-state index contributed by atoms with van der Waals surface area (Å²) in [6.07, 6.45) is 3.69. The van der Waals surface area contributed by atoms with Crippen LogP contribution < -0.4 is 17.2 Å². The third-order valence-electron chi connectivity index (χ3n) is 8.49. The van der Waals surface area contributed by atoms with Crippen LogP contribution in [0.2, 0.25) is 10.0 Å². The monoisotopic (exact) mass is 610 g/mol. The number of halogens is 2. The van der Waals surface area contributed by atoms with Crippen molar-refractivity contribution >= 4 is 45.8 Å². The number of carbonyl (C=O) groups is 1. The Balaban J connectivity index is 1.53. The predicted molar refractivity (Wildman–Crippen MR) is 176 cm³/mol. The maximum atomic E-state index is 13.9. The van der Waals surface area contributed by atoms with Crippen LogP contribution in [0.5, 0.6) is 0 Å². The second-order valence-corrected chi connectivity index (χ2v) is 12.5. The molecule has 4 rings (SSSR count). The third-order valence-corrected chi connectivity index (χ3v) is 9.08. The maximum Gasteiger partial charge on any atom is 0.227 e. The Morgan fingerprint density at radius 2 is 1.81 bits per heavy atom. The van der Waals surface area contributed by atoms with Crippen LogP contribution in [0.25, 0.3) is 10.8 Å². The van der Waals surface area contributed by atoms with Crippen molar-refractivity contribution in [3.63, 3.8) is 0 Å². The highest BCUT2D eigenvalue weighted by Gasteiger charge is 2.38. The highest BCUT2D eigenvalue weighted by molar-refractivity contribution is 6.35. The van der Waals surface area contributed by atoms with Crippen LogP contribution in [0.3, 0.4) is 0 Å². The molecule has 1 heterocycles. The van der Waals surface area contributed by atoms with Gasteiger partial charge in [0, 0.05) is 54.3 Å². The Hall–Kier alpha value is -2.84. The molecular formula is C33H44Cl2N6O. The zero-order valence-corrected chi connectivity index (χ0v) is 26.2. The number of nitrogens with zero attached hydrogens (tertiary/aromatic N) is 3. The van der Waals surface area contributed by atoms with Gasteiger partial charge in [-0.1, -0.05) is 92.0 Å². The topological polar surface area (TPSA) is 114 Å². The van der Waals surface area contributed by atoms with E-state index in [9.17, 15) is 4.79 Å². The number of guanidine groups is 1. The summed E-state index contributed by atoms with van der Waals surface area (Å²) in [7, 11) is 0. The van der Waals surface area contributed by atoms with Crippen molar-refractivity contribution in [3.8, 4) is 0 Å². The Kier molecular flexibility index (Phi) is 11.5. The van der Waals surface area contributed by atoms with E-state index in [2.05, 4.69) is 59.0 Å². The van der Waals surface area contributed by atoms with Gasteiger partial charge in [0.25, 0.3) is 0 Å². The minimum absolute atomic E-state index is 0.0985. The van der Waals surface area contributed by atoms with Crippen LogP contribution in [0, 0.1) is 5.92 Å². The first-order valence-electron chi connectivity index (χ1n) is 14.9. The van der Waals surface area contributed by atoms with E-state index < -0.39 is 0 Å². The van der Waals surface area contributed by atoms with Gasteiger partial charge in [-0.3, -0.25) is 14.7 Å². The number of benzene rings is 3. The van der Waals surface area contributed by atoms with E-state index in [1.807, 2.05) is 24.3 Å². The minimum Gasteiger partial charge on any atom is -0.370 e. The number of nitrogens with two attached hydrogens (primary N) is 3. The maximum absolute atomic E-state index is 13.9. The van der Waals surface area contributed by atoms with Crippen molar-refractivity contribution in [2.24, 2.45) is 28.1 Å². The largest absolute Gasteiger partial charge is 0.370 e. The van der Waals surface area contributed by atoms with Gasteiger partial charge in [0.2, 0.25) is 5.91 Å². The summed E-state index contributed by atoms with van der Waals surface area (Å²) < 4.78 is 0. The van der Waals surface area contributed by atoms with Crippen molar-refractivity contribution in [1.29, 1.82) is 0 Å². The highest BCUT2D eigenvalue weighted by Crippen LogP contribution is 2.28. The quantitative estimate of drug-likeness (QED) is 0.147. The number of piperazine rings is 1. The summed E-state index contributed by atoms with van der Waals surface area (Å²) in [5.41, 5.74) is 19.9. The van der Waals surface area contributed by atoms with Gasteiger partial charge in [0.1, 0.15) is 0 Å². The van der Waals surface area contributed by atoms with Crippen molar-refractivity contribution in [2.75, 3.05) is 26.2 Å². The molecular weight excluding hydrogens is 567 g/mol. The van der Waals surface area contributed by atoms with E-state index in [4.69, 9.17) is 40.4 Å². The summed E-state index contributed by atoms with van der Waals surface area (Å²) >= 11 is 12.6. The number of carbonyl (C=O) groups excluding carboxylic acids is 1. The van der Waals surface area contributed by atoms with E-state index in [1.165, 1.54) is 5.39 Å². The van der Waals surface area contributed by atoms with Crippen molar-refractivity contribution in [1.82, 2.24) is 9.80 Å². The second-order valence-electron chi connectivity index (χ2n) is 11.6. The standard InChI is InChI=1S/C33H44Cl2N6O/c1-3-22(2)31-21-40(19-28(36)17-26-12-13-27(34)18-30(26)35)29(9-6-14-39-33(37)38)20-41(31)32(42)16-23-10-11-24-7-4-5-8-25(24)15-23/h4-5,7-8,10-13,15,18,22,28-29,31H,3,6,9,14,16-17,19-21,36H2,1-2H3,(H4,37,38,39)/t22?,28-,29-,31-/m0/s1. The fraction of sp³-hybridized carbons (Fsp3) is 0.455. The lowest BCUT2D eigenvalue weighted by atomic mass is 9.90. The summed E-state index contributed by atoms with van der Waals surface area (Å²) in [4.78, 5) is 22.7. The molecule has 0 spiro atoms. The SMILES string of the molecule is CCC(C)[C@@H]1CN(C[C@@H](N)Cc2ccc(Cl)cc2Cl)[C@@H](CCCN=C(N)N)CN1C(=O)Cc1ccc2ccccc2c1. The molecule has 226 valence electrons. The van der Waals surface area contributed by atoms with Crippen LogP contribution in [0.15, 0.2) is 65.7 Å². The van der Waals surface area contributed by atoms with Gasteiger partial charge in [-0.25, -0.2) is 0 Å². The van der Waals surface area contributed by atoms with Crippen molar-refractivity contribution < 1.29 is 4.79 Å². The molecule has 1 saturated heterocycles. The lowest BCUT2D eigenvalue weighted by molar-refractivity contribution is -0.139. The number of amides is 1. The number of aliphatic imine (C=N–C) groups is 1. The van der Waals surface area contributed by atoms with Crippen LogP contribution in [0.4, 0.5) is 0 Å². The van der Waals surface area contributed by atoms with Gasteiger partial charge in [0.15, 0.2) is 5.96 Å². The van der Waals surface area contributed by atoms with E-state index >= 15 is 0 Å². The molecule has 3 aromatic rings. The Morgan fingerprint density at radius 3 is 2.52 bits per heavy atom. The van der Waals surface area contributed by atoms with E-state index in [0.29, 0.717) is 48.4 Å². The summed E-state index contributed by atoms with van der Waals surface area (Å²) in [6.45, 7) is 7.11. The third kappa shape index (κ3) is 8.60. The van der Waals surface area contributed by atoms with Crippen LogP contribution in [-0.2, 0) is 17.6 Å². The zero-order valence-electron chi connectivity index (χ0n) is 24.7. The number of hydrogen-bond acceptors (Lipinski definition) is 4. The van der Waals surface area contributed by atoms with Gasteiger partial charge in [-0.15, -0.1) is 0 Å². The van der Waals surface area contributed by atoms with Gasteiger partial charge in [-0.2, -0.15) is 0 Å². The molecule has 42 heavy (non-hydrogen) atoms. The number of rotatable bonds is 12.